The number of rotatable bonds is 4. The van der Waals surface area contributed by atoms with Crippen molar-refractivity contribution >= 4 is 17.6 Å². The van der Waals surface area contributed by atoms with Crippen LogP contribution in [0, 0.1) is 5.41 Å². The summed E-state index contributed by atoms with van der Waals surface area (Å²) in [6.07, 6.45) is 0.773. The molecule has 0 fully saturated rings. The van der Waals surface area contributed by atoms with Crippen molar-refractivity contribution in [3.8, 4) is 5.75 Å². The van der Waals surface area contributed by atoms with Crippen molar-refractivity contribution in [3.63, 3.8) is 0 Å². The summed E-state index contributed by atoms with van der Waals surface area (Å²) in [6.45, 7) is 3.73. The van der Waals surface area contributed by atoms with Crippen LogP contribution in [0.15, 0.2) is 18.2 Å². The van der Waals surface area contributed by atoms with Gasteiger partial charge in [0.25, 0.3) is 0 Å². The summed E-state index contributed by atoms with van der Waals surface area (Å²) in [4.78, 5) is 22.8. The summed E-state index contributed by atoms with van der Waals surface area (Å²) in [5.41, 5.74) is 0.676. The lowest BCUT2D eigenvalue weighted by Gasteiger charge is -2.18. The van der Waals surface area contributed by atoms with Crippen LogP contribution in [0.4, 0.5) is 5.69 Å². The van der Waals surface area contributed by atoms with Crippen LogP contribution >= 0.6 is 0 Å². The molecular formula is C14H17NO4. The highest BCUT2D eigenvalue weighted by Gasteiger charge is 2.30. The number of fused-ring (bicyclic) bond motifs is 1. The van der Waals surface area contributed by atoms with Gasteiger partial charge in [-0.05, 0) is 37.6 Å². The van der Waals surface area contributed by atoms with Gasteiger partial charge in [0, 0.05) is 18.5 Å². The SMILES string of the molecule is CC(C)(CC(=O)Nc1ccc2c(c1)CCO2)C(=O)O. The first-order valence-corrected chi connectivity index (χ1v) is 6.17. The third kappa shape index (κ3) is 3.05. The van der Waals surface area contributed by atoms with E-state index in [0.29, 0.717) is 12.3 Å². The maximum absolute atomic E-state index is 11.8. The van der Waals surface area contributed by atoms with Crippen molar-refractivity contribution in [3.05, 3.63) is 23.8 Å². The van der Waals surface area contributed by atoms with Crippen LogP contribution in [0.5, 0.6) is 5.75 Å². The Morgan fingerprint density at radius 1 is 1.42 bits per heavy atom. The number of benzene rings is 1. The molecule has 102 valence electrons. The van der Waals surface area contributed by atoms with Gasteiger partial charge in [-0.15, -0.1) is 0 Å². The molecule has 1 amide bonds. The first-order chi connectivity index (χ1) is 8.88. The summed E-state index contributed by atoms with van der Waals surface area (Å²) in [7, 11) is 0. The van der Waals surface area contributed by atoms with E-state index in [1.165, 1.54) is 13.8 Å². The van der Waals surface area contributed by atoms with Crippen molar-refractivity contribution in [2.24, 2.45) is 5.41 Å². The molecule has 1 aliphatic rings. The van der Waals surface area contributed by atoms with E-state index in [2.05, 4.69) is 5.32 Å². The zero-order chi connectivity index (χ0) is 14.0. The highest BCUT2D eigenvalue weighted by Crippen LogP contribution is 2.28. The fraction of sp³-hybridized carbons (Fsp3) is 0.429. The lowest BCUT2D eigenvalue weighted by Crippen LogP contribution is -2.29. The first kappa shape index (κ1) is 13.4. The van der Waals surface area contributed by atoms with Gasteiger partial charge in [0.2, 0.25) is 5.91 Å². The molecule has 1 heterocycles. The smallest absolute Gasteiger partial charge is 0.309 e. The number of aliphatic carboxylic acids is 1. The minimum Gasteiger partial charge on any atom is -0.493 e. The van der Waals surface area contributed by atoms with Gasteiger partial charge in [0.05, 0.1) is 12.0 Å². The number of hydrogen-bond donors (Lipinski definition) is 2. The van der Waals surface area contributed by atoms with Gasteiger partial charge in [0.15, 0.2) is 0 Å². The highest BCUT2D eigenvalue weighted by molar-refractivity contribution is 5.94. The van der Waals surface area contributed by atoms with E-state index in [9.17, 15) is 9.59 Å². The van der Waals surface area contributed by atoms with Crippen molar-refractivity contribution in [2.75, 3.05) is 11.9 Å². The Bertz CT molecular complexity index is 522. The third-order valence-electron chi connectivity index (χ3n) is 3.15. The quantitative estimate of drug-likeness (QED) is 0.871. The molecule has 0 saturated carbocycles. The average Bonchev–Trinajstić information content (AvgIpc) is 2.74. The van der Waals surface area contributed by atoms with Crippen molar-refractivity contribution in [1.29, 1.82) is 0 Å². The minimum absolute atomic E-state index is 0.0596. The predicted molar refractivity (Wildman–Crippen MR) is 70.3 cm³/mol. The molecular weight excluding hydrogens is 246 g/mol. The molecule has 0 unspecified atom stereocenters. The first-order valence-electron chi connectivity index (χ1n) is 6.17. The Balaban J connectivity index is 2.01. The number of carbonyl (C=O) groups excluding carboxylic acids is 1. The standard InChI is InChI=1S/C14H17NO4/c1-14(2,13(17)18)8-12(16)15-10-3-4-11-9(7-10)5-6-19-11/h3-4,7H,5-6,8H2,1-2H3,(H,15,16)(H,17,18). The number of anilines is 1. The van der Waals surface area contributed by atoms with Crippen LogP contribution in [0.25, 0.3) is 0 Å². The summed E-state index contributed by atoms with van der Waals surface area (Å²) in [5.74, 6) is -0.430. The lowest BCUT2D eigenvalue weighted by molar-refractivity contribution is -0.148. The molecule has 1 aliphatic heterocycles. The zero-order valence-corrected chi connectivity index (χ0v) is 11.0. The maximum Gasteiger partial charge on any atom is 0.309 e. The van der Waals surface area contributed by atoms with Crippen LogP contribution < -0.4 is 10.1 Å². The fourth-order valence-corrected chi connectivity index (χ4v) is 1.95. The fourth-order valence-electron chi connectivity index (χ4n) is 1.95. The maximum atomic E-state index is 11.8. The van der Waals surface area contributed by atoms with Crippen LogP contribution in [0.3, 0.4) is 0 Å². The van der Waals surface area contributed by atoms with Gasteiger partial charge >= 0.3 is 5.97 Å². The largest absolute Gasteiger partial charge is 0.493 e. The molecule has 0 saturated heterocycles. The molecule has 2 N–H and O–H groups in total. The molecule has 2 rings (SSSR count). The van der Waals surface area contributed by atoms with Crippen molar-refractivity contribution < 1.29 is 19.4 Å². The Morgan fingerprint density at radius 3 is 2.84 bits per heavy atom. The van der Waals surface area contributed by atoms with Gasteiger partial charge in [-0.3, -0.25) is 9.59 Å². The molecule has 0 bridgehead atoms. The molecule has 0 atom stereocenters. The number of hydrogen-bond acceptors (Lipinski definition) is 3. The molecule has 0 aliphatic carbocycles. The van der Waals surface area contributed by atoms with Crippen LogP contribution in [0.1, 0.15) is 25.8 Å². The van der Waals surface area contributed by atoms with Crippen molar-refractivity contribution in [1.82, 2.24) is 0 Å². The number of carboxylic acids is 1. The molecule has 19 heavy (non-hydrogen) atoms. The van der Waals surface area contributed by atoms with Crippen LogP contribution in [-0.2, 0) is 16.0 Å². The Labute approximate surface area is 111 Å². The van der Waals surface area contributed by atoms with Gasteiger partial charge in [-0.25, -0.2) is 0 Å². The van der Waals surface area contributed by atoms with Gasteiger partial charge in [-0.1, -0.05) is 0 Å². The highest BCUT2D eigenvalue weighted by atomic mass is 16.5. The van der Waals surface area contributed by atoms with E-state index in [0.717, 1.165) is 17.7 Å². The monoisotopic (exact) mass is 263 g/mol. The molecule has 1 aromatic carbocycles. The van der Waals surface area contributed by atoms with Gasteiger partial charge in [0.1, 0.15) is 5.75 Å². The summed E-state index contributed by atoms with van der Waals surface area (Å²) in [6, 6.07) is 5.45. The van der Waals surface area contributed by atoms with E-state index in [-0.39, 0.29) is 12.3 Å². The lowest BCUT2D eigenvalue weighted by atomic mass is 9.89. The van der Waals surface area contributed by atoms with E-state index in [4.69, 9.17) is 9.84 Å². The third-order valence-corrected chi connectivity index (χ3v) is 3.15. The zero-order valence-electron chi connectivity index (χ0n) is 11.0. The number of carbonyl (C=O) groups is 2. The normalized spacial score (nSPS) is 13.6. The molecule has 0 aromatic heterocycles. The Hall–Kier alpha value is -2.04. The number of amides is 1. The second kappa shape index (κ2) is 4.91. The second-order valence-corrected chi connectivity index (χ2v) is 5.33. The average molecular weight is 263 g/mol. The van der Waals surface area contributed by atoms with Gasteiger partial charge < -0.3 is 15.2 Å². The molecule has 5 nitrogen and oxygen atoms in total. The second-order valence-electron chi connectivity index (χ2n) is 5.33. The van der Waals surface area contributed by atoms with Crippen LogP contribution in [-0.4, -0.2) is 23.6 Å². The molecule has 0 spiro atoms. The predicted octanol–water partition coefficient (Wildman–Crippen LogP) is 2.06. The summed E-state index contributed by atoms with van der Waals surface area (Å²) < 4.78 is 5.38. The summed E-state index contributed by atoms with van der Waals surface area (Å²) >= 11 is 0. The Kier molecular flexibility index (Phi) is 3.46. The molecule has 1 aromatic rings. The van der Waals surface area contributed by atoms with Crippen molar-refractivity contribution in [2.45, 2.75) is 26.7 Å². The molecule has 0 radical (unpaired) electrons. The molecule has 5 heteroatoms. The topological polar surface area (TPSA) is 75.6 Å². The Morgan fingerprint density at radius 2 is 2.16 bits per heavy atom. The number of nitrogens with one attached hydrogen (secondary N) is 1. The van der Waals surface area contributed by atoms with E-state index < -0.39 is 11.4 Å². The van der Waals surface area contributed by atoms with E-state index in [1.54, 1.807) is 6.07 Å². The minimum atomic E-state index is -1.07. The number of ether oxygens (including phenoxy) is 1. The van der Waals surface area contributed by atoms with Crippen LogP contribution in [0.2, 0.25) is 0 Å². The summed E-state index contributed by atoms with van der Waals surface area (Å²) in [5, 5.41) is 11.7. The van der Waals surface area contributed by atoms with Gasteiger partial charge in [-0.2, -0.15) is 0 Å². The number of carboxylic acid groups (broad SMARTS) is 1. The van der Waals surface area contributed by atoms with E-state index in [1.807, 2.05) is 12.1 Å². The van der Waals surface area contributed by atoms with E-state index >= 15 is 0 Å².